The van der Waals surface area contributed by atoms with Crippen molar-refractivity contribution in [1.82, 2.24) is 5.32 Å². The quantitative estimate of drug-likeness (QED) is 0.730. The minimum Gasteiger partial charge on any atom is -0.397 e. The van der Waals surface area contributed by atoms with Gasteiger partial charge >= 0.3 is 0 Å². The number of nitrogen functional groups attached to an aromatic ring is 1. The first-order valence-corrected chi connectivity index (χ1v) is 8.20. The summed E-state index contributed by atoms with van der Waals surface area (Å²) in [7, 11) is 1.62. The van der Waals surface area contributed by atoms with Crippen molar-refractivity contribution >= 4 is 29.0 Å². The lowest BCUT2D eigenvalue weighted by Crippen LogP contribution is -2.26. The zero-order valence-electron chi connectivity index (χ0n) is 12.1. The number of carbonyl (C=O) groups is 1. The SMILES string of the molecule is CCSC1CCCC1Nc1ccc(C(=O)NC)cc1N. The Kier molecular flexibility index (Phi) is 5.17. The Hall–Kier alpha value is -1.36. The molecule has 0 bridgehead atoms. The molecule has 2 atom stereocenters. The van der Waals surface area contributed by atoms with Crippen LogP contribution < -0.4 is 16.4 Å². The van der Waals surface area contributed by atoms with Gasteiger partial charge in [0.1, 0.15) is 0 Å². The van der Waals surface area contributed by atoms with E-state index in [1.165, 1.54) is 19.3 Å². The van der Waals surface area contributed by atoms with E-state index in [-0.39, 0.29) is 5.91 Å². The van der Waals surface area contributed by atoms with Gasteiger partial charge in [-0.1, -0.05) is 13.3 Å². The Morgan fingerprint density at radius 1 is 1.45 bits per heavy atom. The maximum absolute atomic E-state index is 11.6. The molecule has 0 spiro atoms. The van der Waals surface area contributed by atoms with Crippen LogP contribution in [0.25, 0.3) is 0 Å². The van der Waals surface area contributed by atoms with E-state index in [2.05, 4.69) is 17.6 Å². The normalized spacial score (nSPS) is 21.7. The van der Waals surface area contributed by atoms with Gasteiger partial charge < -0.3 is 16.4 Å². The predicted molar refractivity (Wildman–Crippen MR) is 87.4 cm³/mol. The van der Waals surface area contributed by atoms with Crippen LogP contribution in [0.1, 0.15) is 36.5 Å². The number of hydrogen-bond acceptors (Lipinski definition) is 4. The highest BCUT2D eigenvalue weighted by Crippen LogP contribution is 2.33. The van der Waals surface area contributed by atoms with E-state index in [1.54, 1.807) is 13.1 Å². The molecule has 0 aromatic heterocycles. The van der Waals surface area contributed by atoms with E-state index < -0.39 is 0 Å². The van der Waals surface area contributed by atoms with Crippen molar-refractivity contribution in [3.63, 3.8) is 0 Å². The Morgan fingerprint density at radius 3 is 2.90 bits per heavy atom. The van der Waals surface area contributed by atoms with Crippen LogP contribution >= 0.6 is 11.8 Å². The minimum absolute atomic E-state index is 0.108. The van der Waals surface area contributed by atoms with Crippen LogP contribution in [0.2, 0.25) is 0 Å². The number of thioether (sulfide) groups is 1. The minimum atomic E-state index is -0.108. The Bertz CT molecular complexity index is 478. The van der Waals surface area contributed by atoms with E-state index >= 15 is 0 Å². The van der Waals surface area contributed by atoms with Crippen molar-refractivity contribution in [2.45, 2.75) is 37.5 Å². The lowest BCUT2D eigenvalue weighted by atomic mass is 10.1. The van der Waals surface area contributed by atoms with Gasteiger partial charge in [-0.3, -0.25) is 4.79 Å². The number of hydrogen-bond donors (Lipinski definition) is 3. The van der Waals surface area contributed by atoms with E-state index in [4.69, 9.17) is 5.73 Å². The molecule has 2 unspecified atom stereocenters. The molecule has 1 fully saturated rings. The summed E-state index contributed by atoms with van der Waals surface area (Å²) >= 11 is 2.02. The van der Waals surface area contributed by atoms with Crippen molar-refractivity contribution < 1.29 is 4.79 Å². The number of carbonyl (C=O) groups excluding carboxylic acids is 1. The second-order valence-electron chi connectivity index (χ2n) is 5.06. The van der Waals surface area contributed by atoms with Crippen LogP contribution in [-0.4, -0.2) is 30.0 Å². The molecule has 1 amide bonds. The summed E-state index contributed by atoms with van der Waals surface area (Å²) < 4.78 is 0. The van der Waals surface area contributed by atoms with Crippen LogP contribution in [0.5, 0.6) is 0 Å². The number of anilines is 2. The molecule has 1 aromatic carbocycles. The molecule has 5 heteroatoms. The fourth-order valence-corrected chi connectivity index (χ4v) is 3.88. The van der Waals surface area contributed by atoms with E-state index in [1.807, 2.05) is 23.9 Å². The van der Waals surface area contributed by atoms with Gasteiger partial charge in [0.25, 0.3) is 5.91 Å². The average molecular weight is 293 g/mol. The summed E-state index contributed by atoms with van der Waals surface area (Å²) in [5, 5.41) is 6.82. The summed E-state index contributed by atoms with van der Waals surface area (Å²) in [6.07, 6.45) is 3.73. The standard InChI is InChI=1S/C15H23N3OS/c1-3-20-14-6-4-5-13(14)18-12-8-7-10(9-11(12)16)15(19)17-2/h7-9,13-14,18H,3-6,16H2,1-2H3,(H,17,19). The largest absolute Gasteiger partial charge is 0.397 e. The number of rotatable bonds is 5. The van der Waals surface area contributed by atoms with Gasteiger partial charge in [-0.2, -0.15) is 11.8 Å². The molecule has 4 N–H and O–H groups in total. The zero-order chi connectivity index (χ0) is 14.5. The van der Waals surface area contributed by atoms with Gasteiger partial charge in [0.2, 0.25) is 0 Å². The third-order valence-electron chi connectivity index (χ3n) is 3.72. The van der Waals surface area contributed by atoms with Crippen molar-refractivity contribution in [3.8, 4) is 0 Å². The van der Waals surface area contributed by atoms with Gasteiger partial charge in [-0.05, 0) is 36.8 Å². The fourth-order valence-electron chi connectivity index (χ4n) is 2.68. The molecular weight excluding hydrogens is 270 g/mol. The molecule has 4 nitrogen and oxygen atoms in total. The molecular formula is C15H23N3OS. The molecule has 0 radical (unpaired) electrons. The summed E-state index contributed by atoms with van der Waals surface area (Å²) in [6.45, 7) is 2.20. The van der Waals surface area contributed by atoms with Gasteiger partial charge in [0.15, 0.2) is 0 Å². The lowest BCUT2D eigenvalue weighted by Gasteiger charge is -2.22. The van der Waals surface area contributed by atoms with Gasteiger partial charge in [-0.15, -0.1) is 0 Å². The summed E-state index contributed by atoms with van der Waals surface area (Å²) in [4.78, 5) is 11.6. The molecule has 1 aliphatic rings. The predicted octanol–water partition coefficient (Wildman–Crippen LogP) is 2.71. The maximum atomic E-state index is 11.6. The van der Waals surface area contributed by atoms with Crippen LogP contribution in [0.15, 0.2) is 18.2 Å². The molecule has 20 heavy (non-hydrogen) atoms. The molecule has 1 aliphatic carbocycles. The average Bonchev–Trinajstić information content (AvgIpc) is 2.88. The van der Waals surface area contributed by atoms with E-state index in [9.17, 15) is 4.79 Å². The second kappa shape index (κ2) is 6.88. The van der Waals surface area contributed by atoms with Crippen molar-refractivity contribution in [2.75, 3.05) is 23.9 Å². The number of amides is 1. The van der Waals surface area contributed by atoms with Crippen LogP contribution in [0.3, 0.4) is 0 Å². The van der Waals surface area contributed by atoms with Crippen molar-refractivity contribution in [1.29, 1.82) is 0 Å². The molecule has 0 aliphatic heterocycles. The summed E-state index contributed by atoms with van der Waals surface area (Å²) in [5.74, 6) is 1.04. The topological polar surface area (TPSA) is 67.2 Å². The highest BCUT2D eigenvalue weighted by molar-refractivity contribution is 7.99. The van der Waals surface area contributed by atoms with Crippen molar-refractivity contribution in [3.05, 3.63) is 23.8 Å². The molecule has 0 saturated heterocycles. The van der Waals surface area contributed by atoms with E-state index in [0.717, 1.165) is 11.4 Å². The van der Waals surface area contributed by atoms with E-state index in [0.29, 0.717) is 22.5 Å². The second-order valence-corrected chi connectivity index (χ2v) is 6.57. The van der Waals surface area contributed by atoms with Gasteiger partial charge in [0.05, 0.1) is 11.4 Å². The first kappa shape index (κ1) is 15.0. The Labute approximate surface area is 124 Å². The van der Waals surface area contributed by atoms with Crippen molar-refractivity contribution in [2.24, 2.45) is 0 Å². The van der Waals surface area contributed by atoms with Crippen LogP contribution in [0, 0.1) is 0 Å². The molecule has 110 valence electrons. The fraction of sp³-hybridized carbons (Fsp3) is 0.533. The first-order valence-electron chi connectivity index (χ1n) is 7.15. The lowest BCUT2D eigenvalue weighted by molar-refractivity contribution is 0.0963. The molecule has 2 rings (SSSR count). The first-order chi connectivity index (χ1) is 9.65. The third kappa shape index (κ3) is 3.39. The maximum Gasteiger partial charge on any atom is 0.251 e. The summed E-state index contributed by atoms with van der Waals surface area (Å²) in [6, 6.07) is 5.94. The van der Waals surface area contributed by atoms with Gasteiger partial charge in [0, 0.05) is 23.9 Å². The molecule has 0 heterocycles. The highest BCUT2D eigenvalue weighted by atomic mass is 32.2. The number of benzene rings is 1. The monoisotopic (exact) mass is 293 g/mol. The molecule has 1 saturated carbocycles. The van der Waals surface area contributed by atoms with Crippen LogP contribution in [0.4, 0.5) is 11.4 Å². The summed E-state index contributed by atoms with van der Waals surface area (Å²) in [5.41, 5.74) is 8.23. The number of nitrogens with one attached hydrogen (secondary N) is 2. The zero-order valence-corrected chi connectivity index (χ0v) is 12.9. The number of nitrogens with two attached hydrogens (primary N) is 1. The van der Waals surface area contributed by atoms with Crippen LogP contribution in [-0.2, 0) is 0 Å². The highest BCUT2D eigenvalue weighted by Gasteiger charge is 2.27. The smallest absolute Gasteiger partial charge is 0.251 e. The third-order valence-corrected chi connectivity index (χ3v) is 5.04. The molecule has 1 aromatic rings. The Balaban J connectivity index is 2.08. The van der Waals surface area contributed by atoms with Gasteiger partial charge in [-0.25, -0.2) is 0 Å². The Morgan fingerprint density at radius 2 is 2.25 bits per heavy atom.